The van der Waals surface area contributed by atoms with E-state index in [0.29, 0.717) is 12.1 Å². The van der Waals surface area contributed by atoms with Crippen LogP contribution in [0.15, 0.2) is 47.4 Å². The molecule has 2 aromatic rings. The molecule has 2 N–H and O–H groups in total. The van der Waals surface area contributed by atoms with Crippen LogP contribution in [-0.2, 0) is 10.0 Å². The van der Waals surface area contributed by atoms with E-state index in [1.54, 1.807) is 0 Å². The molecule has 1 amide bonds. The number of unbranched alkanes of at least 4 members (excludes halogenated alkanes) is 1. The molecule has 0 radical (unpaired) electrons. The first-order valence-electron chi connectivity index (χ1n) is 7.70. The number of nitrogens with one attached hydrogen (secondary N) is 2. The van der Waals surface area contributed by atoms with Gasteiger partial charge in [0.25, 0.3) is 15.9 Å². The molecule has 5 nitrogen and oxygen atoms in total. The molecule has 0 aromatic heterocycles. The van der Waals surface area contributed by atoms with Gasteiger partial charge in [-0.1, -0.05) is 19.4 Å². The van der Waals surface area contributed by atoms with Crippen molar-refractivity contribution in [2.24, 2.45) is 0 Å². The van der Waals surface area contributed by atoms with E-state index in [1.807, 2.05) is 11.6 Å². The monoisotopic (exact) mass is 368 g/mol. The maximum atomic E-state index is 13.6. The van der Waals surface area contributed by atoms with Crippen LogP contribution < -0.4 is 10.0 Å². The first-order chi connectivity index (χ1) is 11.8. The minimum absolute atomic E-state index is 0.208. The van der Waals surface area contributed by atoms with E-state index in [2.05, 4.69) is 5.32 Å². The second-order valence-electron chi connectivity index (χ2n) is 5.34. The molecule has 2 rings (SSSR count). The summed E-state index contributed by atoms with van der Waals surface area (Å²) in [6, 6.07) is 8.12. The third kappa shape index (κ3) is 4.76. The van der Waals surface area contributed by atoms with Crippen molar-refractivity contribution < 1.29 is 22.0 Å². The number of hydrogen-bond acceptors (Lipinski definition) is 3. The lowest BCUT2D eigenvalue weighted by molar-refractivity contribution is 0.0953. The average Bonchev–Trinajstić information content (AvgIpc) is 2.58. The van der Waals surface area contributed by atoms with Gasteiger partial charge in [-0.05, 0) is 42.8 Å². The Kier molecular flexibility index (Phi) is 6.08. The zero-order valence-corrected chi connectivity index (χ0v) is 14.4. The third-order valence-corrected chi connectivity index (χ3v) is 4.81. The van der Waals surface area contributed by atoms with Crippen LogP contribution in [0.2, 0.25) is 0 Å². The van der Waals surface area contributed by atoms with Gasteiger partial charge in [0.15, 0.2) is 0 Å². The van der Waals surface area contributed by atoms with Gasteiger partial charge in [0, 0.05) is 12.1 Å². The van der Waals surface area contributed by atoms with E-state index < -0.39 is 27.3 Å². The number of rotatable bonds is 7. The molecule has 0 spiro atoms. The molecule has 0 unspecified atom stereocenters. The Morgan fingerprint density at radius 1 is 1.04 bits per heavy atom. The summed E-state index contributed by atoms with van der Waals surface area (Å²) >= 11 is 0. The Balaban J connectivity index is 2.16. The van der Waals surface area contributed by atoms with Crippen LogP contribution >= 0.6 is 0 Å². The molecule has 0 aliphatic carbocycles. The van der Waals surface area contributed by atoms with Crippen LogP contribution in [0, 0.1) is 11.6 Å². The summed E-state index contributed by atoms with van der Waals surface area (Å²) in [5.41, 5.74) is -0.448. The lowest BCUT2D eigenvalue weighted by Crippen LogP contribution is -2.24. The van der Waals surface area contributed by atoms with Crippen molar-refractivity contribution in [3.05, 3.63) is 59.7 Å². The number of carbonyl (C=O) groups excluding carboxylic acids is 1. The van der Waals surface area contributed by atoms with Crippen LogP contribution in [0.1, 0.15) is 30.1 Å². The van der Waals surface area contributed by atoms with E-state index in [0.717, 1.165) is 31.0 Å². The predicted octanol–water partition coefficient (Wildman–Crippen LogP) is 3.30. The molecular formula is C17H18F2N2O3S. The zero-order chi connectivity index (χ0) is 18.4. The molecule has 0 bridgehead atoms. The van der Waals surface area contributed by atoms with Gasteiger partial charge >= 0.3 is 0 Å². The van der Waals surface area contributed by atoms with Gasteiger partial charge in [0.05, 0.1) is 4.90 Å². The van der Waals surface area contributed by atoms with Crippen molar-refractivity contribution in [2.75, 3.05) is 11.3 Å². The van der Waals surface area contributed by atoms with Crippen molar-refractivity contribution in [2.45, 2.75) is 24.7 Å². The summed E-state index contributed by atoms with van der Waals surface area (Å²) < 4.78 is 53.6. The number of carbonyl (C=O) groups is 1. The largest absolute Gasteiger partial charge is 0.352 e. The fraction of sp³-hybridized carbons (Fsp3) is 0.235. The highest BCUT2D eigenvalue weighted by Crippen LogP contribution is 2.22. The Hall–Kier alpha value is -2.48. The van der Waals surface area contributed by atoms with E-state index in [-0.39, 0.29) is 10.8 Å². The van der Waals surface area contributed by atoms with Gasteiger partial charge in [0.1, 0.15) is 17.3 Å². The minimum Gasteiger partial charge on any atom is -0.352 e. The molecule has 8 heteroatoms. The SMILES string of the molecule is CCCCNC(=O)c1ccc(S(=O)(=O)Nc2c(F)cccc2F)cc1. The van der Waals surface area contributed by atoms with E-state index >= 15 is 0 Å². The van der Waals surface area contributed by atoms with Crippen LogP contribution in [-0.4, -0.2) is 20.9 Å². The molecule has 0 saturated carbocycles. The normalized spacial score (nSPS) is 11.2. The van der Waals surface area contributed by atoms with Crippen LogP contribution in [0.25, 0.3) is 0 Å². The number of benzene rings is 2. The molecule has 0 atom stereocenters. The quantitative estimate of drug-likeness (QED) is 0.737. The highest BCUT2D eigenvalue weighted by Gasteiger charge is 2.19. The van der Waals surface area contributed by atoms with E-state index in [1.165, 1.54) is 24.3 Å². The summed E-state index contributed by atoms with van der Waals surface area (Å²) in [7, 11) is -4.18. The number of anilines is 1. The Labute approximate surface area is 145 Å². The smallest absolute Gasteiger partial charge is 0.262 e. The molecular weight excluding hydrogens is 350 g/mol. The summed E-state index contributed by atoms with van der Waals surface area (Å²) in [6.07, 6.45) is 1.78. The van der Waals surface area contributed by atoms with Gasteiger partial charge in [-0.25, -0.2) is 17.2 Å². The third-order valence-electron chi connectivity index (χ3n) is 3.44. The van der Waals surface area contributed by atoms with Crippen LogP contribution in [0.5, 0.6) is 0 Å². The van der Waals surface area contributed by atoms with Gasteiger partial charge in [-0.15, -0.1) is 0 Å². The maximum absolute atomic E-state index is 13.6. The van der Waals surface area contributed by atoms with Crippen molar-refractivity contribution in [3.8, 4) is 0 Å². The van der Waals surface area contributed by atoms with Crippen LogP contribution in [0.4, 0.5) is 14.5 Å². The lowest BCUT2D eigenvalue weighted by Gasteiger charge is -2.10. The average molecular weight is 368 g/mol. The highest BCUT2D eigenvalue weighted by atomic mass is 32.2. The van der Waals surface area contributed by atoms with Gasteiger partial charge in [-0.2, -0.15) is 0 Å². The van der Waals surface area contributed by atoms with Crippen molar-refractivity contribution in [1.82, 2.24) is 5.32 Å². The van der Waals surface area contributed by atoms with Crippen LogP contribution in [0.3, 0.4) is 0 Å². The zero-order valence-electron chi connectivity index (χ0n) is 13.6. The summed E-state index contributed by atoms with van der Waals surface area (Å²) in [4.78, 5) is 11.7. The number of sulfonamides is 1. The second-order valence-corrected chi connectivity index (χ2v) is 7.02. The van der Waals surface area contributed by atoms with E-state index in [4.69, 9.17) is 0 Å². The lowest BCUT2D eigenvalue weighted by atomic mass is 10.2. The second kappa shape index (κ2) is 8.06. The molecule has 0 saturated heterocycles. The Morgan fingerprint density at radius 2 is 1.64 bits per heavy atom. The molecule has 0 fully saturated rings. The number of para-hydroxylation sites is 1. The number of halogens is 2. The molecule has 2 aromatic carbocycles. The fourth-order valence-electron chi connectivity index (χ4n) is 2.05. The summed E-state index contributed by atoms with van der Waals surface area (Å²) in [5.74, 6) is -2.35. The summed E-state index contributed by atoms with van der Waals surface area (Å²) in [5, 5.41) is 2.71. The predicted molar refractivity (Wildman–Crippen MR) is 90.8 cm³/mol. The topological polar surface area (TPSA) is 75.3 Å². The molecule has 0 aliphatic rings. The van der Waals surface area contributed by atoms with Gasteiger partial charge in [0.2, 0.25) is 0 Å². The number of hydrogen-bond donors (Lipinski definition) is 2. The Morgan fingerprint density at radius 3 is 2.20 bits per heavy atom. The molecule has 0 heterocycles. The van der Waals surface area contributed by atoms with Crippen molar-refractivity contribution in [1.29, 1.82) is 0 Å². The van der Waals surface area contributed by atoms with Gasteiger partial charge in [-0.3, -0.25) is 9.52 Å². The first-order valence-corrected chi connectivity index (χ1v) is 9.18. The van der Waals surface area contributed by atoms with Gasteiger partial charge < -0.3 is 5.32 Å². The summed E-state index contributed by atoms with van der Waals surface area (Å²) in [6.45, 7) is 2.53. The fourth-order valence-corrected chi connectivity index (χ4v) is 3.13. The molecule has 25 heavy (non-hydrogen) atoms. The standard InChI is InChI=1S/C17H18F2N2O3S/c1-2-3-11-20-17(22)12-7-9-13(10-8-12)25(23,24)21-16-14(18)5-4-6-15(16)19/h4-10,21H,2-3,11H2,1H3,(H,20,22). The highest BCUT2D eigenvalue weighted by molar-refractivity contribution is 7.92. The molecule has 134 valence electrons. The maximum Gasteiger partial charge on any atom is 0.262 e. The first kappa shape index (κ1) is 18.9. The molecule has 0 aliphatic heterocycles. The van der Waals surface area contributed by atoms with Crippen molar-refractivity contribution in [3.63, 3.8) is 0 Å². The minimum atomic E-state index is -4.18. The van der Waals surface area contributed by atoms with E-state index in [9.17, 15) is 22.0 Å². The number of amides is 1. The van der Waals surface area contributed by atoms with Crippen molar-refractivity contribution >= 4 is 21.6 Å². The Bertz CT molecular complexity index is 832.